The molecule has 0 aliphatic rings. The van der Waals surface area contributed by atoms with E-state index in [1.165, 1.54) is 11.3 Å². The van der Waals surface area contributed by atoms with Crippen LogP contribution in [-0.4, -0.2) is 17.1 Å². The number of carbonyl (C=O) groups excluding carboxylic acids is 1. The second-order valence-electron chi connectivity index (χ2n) is 3.62. The summed E-state index contributed by atoms with van der Waals surface area (Å²) in [5.74, 6) is 0.854. The molecule has 0 aliphatic heterocycles. The fourth-order valence-corrected chi connectivity index (χ4v) is 1.95. The Balaban J connectivity index is 1.78. The molecule has 0 unspecified atom stereocenters. The van der Waals surface area contributed by atoms with E-state index >= 15 is 0 Å². The van der Waals surface area contributed by atoms with Crippen molar-refractivity contribution >= 4 is 22.5 Å². The summed E-state index contributed by atoms with van der Waals surface area (Å²) in [6, 6.07) is 3.47. The van der Waals surface area contributed by atoms with Gasteiger partial charge in [-0.1, -0.05) is 0 Å². The number of thiazole rings is 1. The fraction of sp³-hybridized carbons (Fsp3) is 0.273. The summed E-state index contributed by atoms with van der Waals surface area (Å²) < 4.78 is 5.21. The number of hydrogen-bond donors (Lipinski definition) is 2. The van der Waals surface area contributed by atoms with E-state index in [-0.39, 0.29) is 12.1 Å². The van der Waals surface area contributed by atoms with E-state index in [2.05, 4.69) is 15.6 Å². The molecule has 0 bridgehead atoms. The fourth-order valence-electron chi connectivity index (χ4n) is 1.42. The van der Waals surface area contributed by atoms with Crippen LogP contribution in [0.3, 0.4) is 0 Å². The van der Waals surface area contributed by atoms with E-state index in [1.807, 2.05) is 24.4 Å². The molecule has 0 radical (unpaired) electrons. The highest BCUT2D eigenvalue weighted by molar-refractivity contribution is 7.13. The maximum Gasteiger partial charge on any atom is 0.321 e. The van der Waals surface area contributed by atoms with Gasteiger partial charge in [-0.3, -0.25) is 5.32 Å². The molecule has 0 aliphatic carbocycles. The molecule has 2 rings (SSSR count). The van der Waals surface area contributed by atoms with Crippen LogP contribution in [0.25, 0.3) is 0 Å². The minimum absolute atomic E-state index is 0.00103. The first-order valence-corrected chi connectivity index (χ1v) is 6.11. The number of anilines is 1. The first kappa shape index (κ1) is 11.7. The van der Waals surface area contributed by atoms with Gasteiger partial charge >= 0.3 is 6.03 Å². The number of nitrogens with zero attached hydrogens (tertiary/aromatic N) is 1. The zero-order valence-electron chi connectivity index (χ0n) is 9.34. The van der Waals surface area contributed by atoms with Crippen molar-refractivity contribution < 1.29 is 9.21 Å². The summed E-state index contributed by atoms with van der Waals surface area (Å²) in [6.45, 7) is 1.92. The normalized spacial score (nSPS) is 12.1. The Morgan fingerprint density at radius 2 is 2.53 bits per heavy atom. The Kier molecular flexibility index (Phi) is 3.77. The van der Waals surface area contributed by atoms with Crippen molar-refractivity contribution in [1.82, 2.24) is 10.3 Å². The van der Waals surface area contributed by atoms with Crippen LogP contribution in [-0.2, 0) is 6.42 Å². The van der Waals surface area contributed by atoms with Crippen LogP contribution in [0.15, 0.2) is 34.4 Å². The lowest BCUT2D eigenvalue weighted by molar-refractivity contribution is 0.248. The molecular formula is C11H13N3O2S. The summed E-state index contributed by atoms with van der Waals surface area (Å²) in [7, 11) is 0. The second kappa shape index (κ2) is 5.49. The quantitative estimate of drug-likeness (QED) is 0.877. The average molecular weight is 251 g/mol. The number of rotatable bonds is 4. The van der Waals surface area contributed by atoms with E-state index in [9.17, 15) is 4.79 Å². The third-order valence-corrected chi connectivity index (χ3v) is 2.81. The largest absolute Gasteiger partial charge is 0.469 e. The Morgan fingerprint density at radius 1 is 1.65 bits per heavy atom. The summed E-state index contributed by atoms with van der Waals surface area (Å²) in [5, 5.41) is 7.87. The van der Waals surface area contributed by atoms with Crippen molar-refractivity contribution in [3.63, 3.8) is 0 Å². The number of furan rings is 1. The molecule has 2 aromatic rings. The minimum atomic E-state index is -0.251. The molecule has 0 fully saturated rings. The van der Waals surface area contributed by atoms with Crippen LogP contribution < -0.4 is 10.6 Å². The van der Waals surface area contributed by atoms with Gasteiger partial charge in [0.25, 0.3) is 0 Å². The van der Waals surface area contributed by atoms with Gasteiger partial charge in [-0.05, 0) is 19.1 Å². The maximum atomic E-state index is 11.6. The first-order valence-electron chi connectivity index (χ1n) is 5.23. The zero-order valence-corrected chi connectivity index (χ0v) is 10.2. The van der Waals surface area contributed by atoms with Gasteiger partial charge in [0.2, 0.25) is 0 Å². The molecule has 2 amide bonds. The van der Waals surface area contributed by atoms with E-state index in [4.69, 9.17) is 4.42 Å². The monoisotopic (exact) mass is 251 g/mol. The lowest BCUT2D eigenvalue weighted by atomic mass is 10.2. The highest BCUT2D eigenvalue weighted by Gasteiger charge is 2.10. The van der Waals surface area contributed by atoms with Crippen LogP contribution in [0.4, 0.5) is 9.93 Å². The Hall–Kier alpha value is -1.82. The SMILES string of the molecule is C[C@@H](Cc1ccco1)NC(=O)Nc1nccs1. The van der Waals surface area contributed by atoms with Crippen LogP contribution in [0.1, 0.15) is 12.7 Å². The molecule has 2 N–H and O–H groups in total. The average Bonchev–Trinajstić information content (AvgIpc) is 2.90. The van der Waals surface area contributed by atoms with Crippen molar-refractivity contribution in [2.75, 3.05) is 5.32 Å². The molecule has 1 atom stereocenters. The van der Waals surface area contributed by atoms with Crippen molar-refractivity contribution in [2.45, 2.75) is 19.4 Å². The van der Waals surface area contributed by atoms with Gasteiger partial charge in [-0.15, -0.1) is 11.3 Å². The molecule has 0 saturated carbocycles. The predicted molar refractivity (Wildman–Crippen MR) is 66.1 cm³/mol. The number of amides is 2. The highest BCUT2D eigenvalue weighted by Crippen LogP contribution is 2.10. The number of urea groups is 1. The van der Waals surface area contributed by atoms with Gasteiger partial charge in [0.1, 0.15) is 5.76 Å². The standard InChI is InChI=1S/C11H13N3O2S/c1-8(7-9-3-2-5-16-9)13-10(15)14-11-12-4-6-17-11/h2-6,8H,7H2,1H3,(H2,12,13,14,15)/t8-/m0/s1. The van der Waals surface area contributed by atoms with Gasteiger partial charge in [-0.25, -0.2) is 9.78 Å². The third kappa shape index (κ3) is 3.60. The highest BCUT2D eigenvalue weighted by atomic mass is 32.1. The van der Waals surface area contributed by atoms with Gasteiger partial charge in [0.05, 0.1) is 6.26 Å². The predicted octanol–water partition coefficient (Wildman–Crippen LogP) is 2.49. The summed E-state index contributed by atoms with van der Waals surface area (Å²) >= 11 is 1.38. The number of carbonyl (C=O) groups is 1. The zero-order chi connectivity index (χ0) is 12.1. The Bertz CT molecular complexity index is 453. The molecule has 0 aromatic carbocycles. The van der Waals surface area contributed by atoms with Crippen LogP contribution in [0.5, 0.6) is 0 Å². The molecule has 2 aromatic heterocycles. The van der Waals surface area contributed by atoms with Gasteiger partial charge in [-0.2, -0.15) is 0 Å². The molecule has 5 nitrogen and oxygen atoms in total. The Labute approximate surface area is 103 Å². The van der Waals surface area contributed by atoms with E-state index in [0.29, 0.717) is 11.6 Å². The van der Waals surface area contributed by atoms with Gasteiger partial charge in [0.15, 0.2) is 5.13 Å². The van der Waals surface area contributed by atoms with Gasteiger partial charge in [0, 0.05) is 24.0 Å². The van der Waals surface area contributed by atoms with Gasteiger partial charge < -0.3 is 9.73 Å². The van der Waals surface area contributed by atoms with Crippen LogP contribution in [0.2, 0.25) is 0 Å². The molecule has 17 heavy (non-hydrogen) atoms. The van der Waals surface area contributed by atoms with Crippen molar-refractivity contribution in [2.24, 2.45) is 0 Å². The number of aromatic nitrogens is 1. The maximum absolute atomic E-state index is 11.6. The smallest absolute Gasteiger partial charge is 0.321 e. The molecule has 90 valence electrons. The van der Waals surface area contributed by atoms with Crippen LogP contribution >= 0.6 is 11.3 Å². The van der Waals surface area contributed by atoms with Crippen molar-refractivity contribution in [3.8, 4) is 0 Å². The molecule has 0 saturated heterocycles. The summed E-state index contributed by atoms with van der Waals surface area (Å²) in [5.41, 5.74) is 0. The third-order valence-electron chi connectivity index (χ3n) is 2.12. The second-order valence-corrected chi connectivity index (χ2v) is 4.51. The number of nitrogens with one attached hydrogen (secondary N) is 2. The molecule has 2 heterocycles. The summed E-state index contributed by atoms with van der Waals surface area (Å²) in [4.78, 5) is 15.5. The van der Waals surface area contributed by atoms with E-state index in [0.717, 1.165) is 5.76 Å². The minimum Gasteiger partial charge on any atom is -0.469 e. The van der Waals surface area contributed by atoms with Crippen molar-refractivity contribution in [3.05, 3.63) is 35.7 Å². The molecular weight excluding hydrogens is 238 g/mol. The lowest BCUT2D eigenvalue weighted by Crippen LogP contribution is -2.37. The first-order chi connectivity index (χ1) is 8.24. The molecule has 0 spiro atoms. The number of hydrogen-bond acceptors (Lipinski definition) is 4. The van der Waals surface area contributed by atoms with Crippen molar-refractivity contribution in [1.29, 1.82) is 0 Å². The van der Waals surface area contributed by atoms with E-state index < -0.39 is 0 Å². The lowest BCUT2D eigenvalue weighted by Gasteiger charge is -2.12. The molecule has 6 heteroatoms. The van der Waals surface area contributed by atoms with E-state index in [1.54, 1.807) is 12.5 Å². The summed E-state index contributed by atoms with van der Waals surface area (Å²) in [6.07, 6.45) is 3.93. The Morgan fingerprint density at radius 3 is 3.18 bits per heavy atom. The topological polar surface area (TPSA) is 67.2 Å². The van der Waals surface area contributed by atoms with Crippen LogP contribution in [0, 0.1) is 0 Å².